The molecular weight excluding hydrogens is 284 g/mol. The van der Waals surface area contributed by atoms with Gasteiger partial charge in [-0.05, 0) is 12.1 Å². The predicted molar refractivity (Wildman–Crippen MR) is 80.6 cm³/mol. The van der Waals surface area contributed by atoms with Crippen LogP contribution < -0.4 is 14.8 Å². The van der Waals surface area contributed by atoms with Crippen LogP contribution in [0.3, 0.4) is 0 Å². The van der Waals surface area contributed by atoms with Gasteiger partial charge in [-0.2, -0.15) is 10.5 Å². The van der Waals surface area contributed by atoms with Gasteiger partial charge in [0.05, 0.1) is 44.9 Å². The Labute approximate surface area is 129 Å². The highest BCUT2D eigenvalue weighted by Crippen LogP contribution is 2.29. The standard InChI is InChI=1S/C15H18N4O3/c1-21-12-5-6-13(14(11-12)22-2)18-15(20)19(9-3-7-16)10-4-8-17/h5-6,11H,3-4,9-10H2,1-2H3,(H,18,20). The van der Waals surface area contributed by atoms with Crippen LogP contribution in [0.1, 0.15) is 12.8 Å². The fraction of sp³-hybridized carbons (Fsp3) is 0.400. The summed E-state index contributed by atoms with van der Waals surface area (Å²) in [7, 11) is 3.03. The summed E-state index contributed by atoms with van der Waals surface area (Å²) in [5.74, 6) is 1.08. The van der Waals surface area contributed by atoms with Crippen LogP contribution in [0.5, 0.6) is 11.5 Å². The minimum Gasteiger partial charge on any atom is -0.497 e. The van der Waals surface area contributed by atoms with Gasteiger partial charge in [-0.15, -0.1) is 0 Å². The first kappa shape index (κ1) is 17.1. The average molecular weight is 302 g/mol. The summed E-state index contributed by atoms with van der Waals surface area (Å²) in [5.41, 5.74) is 0.493. The molecule has 0 atom stereocenters. The van der Waals surface area contributed by atoms with Crippen LogP contribution in [0.4, 0.5) is 10.5 Å². The lowest BCUT2D eigenvalue weighted by Crippen LogP contribution is -2.36. The summed E-state index contributed by atoms with van der Waals surface area (Å²) < 4.78 is 10.3. The molecule has 116 valence electrons. The molecular formula is C15H18N4O3. The van der Waals surface area contributed by atoms with Crippen molar-refractivity contribution in [2.75, 3.05) is 32.6 Å². The molecule has 7 nitrogen and oxygen atoms in total. The molecule has 7 heteroatoms. The van der Waals surface area contributed by atoms with Crippen molar-refractivity contribution in [1.82, 2.24) is 4.90 Å². The molecule has 0 spiro atoms. The van der Waals surface area contributed by atoms with Crippen LogP contribution in [-0.4, -0.2) is 38.2 Å². The van der Waals surface area contributed by atoms with Crippen LogP contribution in [-0.2, 0) is 0 Å². The topological polar surface area (TPSA) is 98.4 Å². The Kier molecular flexibility index (Phi) is 7.07. The number of urea groups is 1. The van der Waals surface area contributed by atoms with Crippen LogP contribution in [0, 0.1) is 22.7 Å². The number of nitrogens with one attached hydrogen (secondary N) is 1. The molecule has 0 fully saturated rings. The van der Waals surface area contributed by atoms with Gasteiger partial charge in [0, 0.05) is 19.2 Å². The number of carbonyl (C=O) groups is 1. The molecule has 0 bridgehead atoms. The van der Waals surface area contributed by atoms with Gasteiger partial charge in [0.25, 0.3) is 0 Å². The molecule has 1 aromatic rings. The van der Waals surface area contributed by atoms with Crippen molar-refractivity contribution in [3.05, 3.63) is 18.2 Å². The second-order valence-corrected chi connectivity index (χ2v) is 4.30. The molecule has 0 aromatic heterocycles. The lowest BCUT2D eigenvalue weighted by molar-refractivity contribution is 0.214. The molecule has 0 saturated carbocycles. The minimum absolute atomic E-state index is 0.207. The number of rotatable bonds is 7. The van der Waals surface area contributed by atoms with E-state index < -0.39 is 0 Å². The van der Waals surface area contributed by atoms with E-state index in [-0.39, 0.29) is 32.0 Å². The predicted octanol–water partition coefficient (Wildman–Crippen LogP) is 2.37. The summed E-state index contributed by atoms with van der Waals surface area (Å²) in [5, 5.41) is 20.0. The minimum atomic E-state index is -0.381. The number of methoxy groups -OCH3 is 2. The Morgan fingerprint density at radius 3 is 2.32 bits per heavy atom. The second kappa shape index (κ2) is 9.09. The molecule has 0 radical (unpaired) electrons. The van der Waals surface area contributed by atoms with Crippen molar-refractivity contribution < 1.29 is 14.3 Å². The highest BCUT2D eigenvalue weighted by atomic mass is 16.5. The molecule has 1 N–H and O–H groups in total. The number of anilines is 1. The molecule has 22 heavy (non-hydrogen) atoms. The summed E-state index contributed by atoms with van der Waals surface area (Å²) in [6.45, 7) is 0.533. The summed E-state index contributed by atoms with van der Waals surface area (Å²) in [4.78, 5) is 13.7. The number of amides is 2. The molecule has 1 aromatic carbocycles. The highest BCUT2D eigenvalue weighted by Gasteiger charge is 2.15. The van der Waals surface area contributed by atoms with Crippen LogP contribution in [0.2, 0.25) is 0 Å². The van der Waals surface area contributed by atoms with Crippen LogP contribution >= 0.6 is 0 Å². The average Bonchev–Trinajstić information content (AvgIpc) is 2.55. The van der Waals surface area contributed by atoms with Gasteiger partial charge in [-0.25, -0.2) is 4.79 Å². The fourth-order valence-corrected chi connectivity index (χ4v) is 1.78. The first-order valence-corrected chi connectivity index (χ1v) is 6.68. The molecule has 0 saturated heterocycles. The first-order valence-electron chi connectivity index (χ1n) is 6.68. The number of ether oxygens (including phenoxy) is 2. The van der Waals surface area contributed by atoms with Crippen molar-refractivity contribution in [2.45, 2.75) is 12.8 Å². The summed E-state index contributed by atoms with van der Waals surface area (Å²) >= 11 is 0. The number of carbonyl (C=O) groups excluding carboxylic acids is 1. The number of hydrogen-bond acceptors (Lipinski definition) is 5. The largest absolute Gasteiger partial charge is 0.497 e. The van der Waals surface area contributed by atoms with E-state index in [4.69, 9.17) is 20.0 Å². The molecule has 2 amide bonds. The summed E-state index contributed by atoms with van der Waals surface area (Å²) in [6.07, 6.45) is 0.414. The van der Waals surface area contributed by atoms with Gasteiger partial charge in [0.1, 0.15) is 11.5 Å². The smallest absolute Gasteiger partial charge is 0.322 e. The van der Waals surface area contributed by atoms with Crippen molar-refractivity contribution in [1.29, 1.82) is 10.5 Å². The van der Waals surface area contributed by atoms with E-state index in [1.165, 1.54) is 12.0 Å². The quantitative estimate of drug-likeness (QED) is 0.833. The highest BCUT2D eigenvalue weighted by molar-refractivity contribution is 5.91. The maximum Gasteiger partial charge on any atom is 0.322 e. The Balaban J connectivity index is 2.84. The van der Waals surface area contributed by atoms with E-state index in [1.54, 1.807) is 25.3 Å². The van der Waals surface area contributed by atoms with Gasteiger partial charge in [0.2, 0.25) is 0 Å². The van der Waals surface area contributed by atoms with Gasteiger partial charge < -0.3 is 19.7 Å². The van der Waals surface area contributed by atoms with Gasteiger partial charge in [-0.1, -0.05) is 0 Å². The normalized spacial score (nSPS) is 9.27. The zero-order valence-electron chi connectivity index (χ0n) is 12.6. The SMILES string of the molecule is COc1ccc(NC(=O)N(CCC#N)CCC#N)c(OC)c1. The zero-order valence-corrected chi connectivity index (χ0v) is 12.6. The maximum absolute atomic E-state index is 12.3. The molecule has 0 heterocycles. The van der Waals surface area contributed by atoms with Gasteiger partial charge >= 0.3 is 6.03 Å². The number of nitriles is 2. The fourth-order valence-electron chi connectivity index (χ4n) is 1.78. The van der Waals surface area contributed by atoms with Crippen LogP contribution in [0.15, 0.2) is 18.2 Å². The second-order valence-electron chi connectivity index (χ2n) is 4.30. The van der Waals surface area contributed by atoms with E-state index in [0.29, 0.717) is 17.2 Å². The summed E-state index contributed by atoms with van der Waals surface area (Å²) in [6, 6.07) is 8.62. The van der Waals surface area contributed by atoms with Crippen molar-refractivity contribution in [3.63, 3.8) is 0 Å². The van der Waals surface area contributed by atoms with Crippen molar-refractivity contribution >= 4 is 11.7 Å². The number of benzene rings is 1. The van der Waals surface area contributed by atoms with E-state index >= 15 is 0 Å². The maximum atomic E-state index is 12.3. The molecule has 0 aliphatic heterocycles. The lowest BCUT2D eigenvalue weighted by Gasteiger charge is -2.21. The van der Waals surface area contributed by atoms with Crippen molar-refractivity contribution in [3.8, 4) is 23.6 Å². The Hall–Kier alpha value is -2.93. The van der Waals surface area contributed by atoms with E-state index in [1.807, 2.05) is 12.1 Å². The first-order chi connectivity index (χ1) is 10.7. The Bertz CT molecular complexity index is 571. The van der Waals surface area contributed by atoms with Gasteiger partial charge in [0.15, 0.2) is 0 Å². The zero-order chi connectivity index (χ0) is 16.4. The lowest BCUT2D eigenvalue weighted by atomic mass is 10.2. The molecule has 0 unspecified atom stereocenters. The molecule has 0 aliphatic rings. The van der Waals surface area contributed by atoms with E-state index in [0.717, 1.165) is 0 Å². The van der Waals surface area contributed by atoms with E-state index in [9.17, 15) is 4.79 Å². The third-order valence-corrected chi connectivity index (χ3v) is 2.92. The van der Waals surface area contributed by atoms with E-state index in [2.05, 4.69) is 5.32 Å². The number of nitrogens with zero attached hydrogens (tertiary/aromatic N) is 3. The third kappa shape index (κ3) is 4.88. The van der Waals surface area contributed by atoms with Crippen molar-refractivity contribution in [2.24, 2.45) is 0 Å². The number of hydrogen-bond donors (Lipinski definition) is 1. The van der Waals surface area contributed by atoms with Gasteiger partial charge in [-0.3, -0.25) is 0 Å². The third-order valence-electron chi connectivity index (χ3n) is 2.92. The van der Waals surface area contributed by atoms with Crippen LogP contribution in [0.25, 0.3) is 0 Å². The Morgan fingerprint density at radius 1 is 1.18 bits per heavy atom. The molecule has 1 rings (SSSR count). The Morgan fingerprint density at radius 2 is 1.82 bits per heavy atom. The monoisotopic (exact) mass is 302 g/mol. The molecule has 0 aliphatic carbocycles.